The lowest BCUT2D eigenvalue weighted by Crippen LogP contribution is -2.23. The van der Waals surface area contributed by atoms with E-state index in [0.717, 1.165) is 11.1 Å². The molecule has 1 aromatic heterocycles. The molecular formula is C20H19F2N3O3. The lowest BCUT2D eigenvalue weighted by atomic mass is 10.1. The number of alkyl halides is 2. The molecule has 1 heterocycles. The first-order chi connectivity index (χ1) is 13.5. The Bertz CT molecular complexity index is 926. The van der Waals surface area contributed by atoms with Crippen molar-refractivity contribution in [2.75, 3.05) is 0 Å². The van der Waals surface area contributed by atoms with Crippen LogP contribution in [-0.2, 0) is 17.8 Å². The summed E-state index contributed by atoms with van der Waals surface area (Å²) in [7, 11) is 0. The van der Waals surface area contributed by atoms with Crippen LogP contribution < -0.4 is 10.1 Å². The summed E-state index contributed by atoms with van der Waals surface area (Å²) in [6.45, 7) is -0.850. The highest BCUT2D eigenvalue weighted by atomic mass is 19.3. The van der Waals surface area contributed by atoms with E-state index in [-0.39, 0.29) is 31.0 Å². The lowest BCUT2D eigenvalue weighted by molar-refractivity contribution is -0.121. The third-order valence-corrected chi connectivity index (χ3v) is 4.00. The zero-order chi connectivity index (χ0) is 19.9. The number of aromatic nitrogens is 2. The van der Waals surface area contributed by atoms with Gasteiger partial charge in [-0.25, -0.2) is 0 Å². The van der Waals surface area contributed by atoms with Crippen molar-refractivity contribution in [3.8, 4) is 17.2 Å². The second-order valence-electron chi connectivity index (χ2n) is 6.13. The number of carbonyl (C=O) groups excluding carboxylic acids is 1. The Morgan fingerprint density at radius 1 is 1.14 bits per heavy atom. The highest BCUT2D eigenvalue weighted by Gasteiger charge is 2.12. The van der Waals surface area contributed by atoms with E-state index in [9.17, 15) is 13.6 Å². The number of amides is 1. The van der Waals surface area contributed by atoms with Crippen LogP contribution in [0.3, 0.4) is 0 Å². The first kappa shape index (κ1) is 19.5. The van der Waals surface area contributed by atoms with Gasteiger partial charge in [0.25, 0.3) is 0 Å². The number of ether oxygens (including phenoxy) is 1. The van der Waals surface area contributed by atoms with Crippen molar-refractivity contribution in [1.82, 2.24) is 15.5 Å². The van der Waals surface area contributed by atoms with Gasteiger partial charge in [0.1, 0.15) is 5.75 Å². The number of benzene rings is 2. The van der Waals surface area contributed by atoms with E-state index in [0.29, 0.717) is 17.3 Å². The zero-order valence-corrected chi connectivity index (χ0v) is 15.2. The third-order valence-electron chi connectivity index (χ3n) is 4.00. The van der Waals surface area contributed by atoms with Crippen LogP contribution in [0.15, 0.2) is 52.9 Å². The summed E-state index contributed by atoms with van der Waals surface area (Å²) in [6, 6.07) is 14.0. The van der Waals surface area contributed by atoms with Gasteiger partial charge in [-0.2, -0.15) is 8.78 Å². The molecule has 0 saturated carbocycles. The van der Waals surface area contributed by atoms with Crippen LogP contribution in [0, 0.1) is 6.92 Å². The maximum absolute atomic E-state index is 12.4. The standard InChI is InChI=1S/C20H19F2N3O3/c1-13-6-8-14(9-7-13)19-25-24-18(28-19)11-10-17(26)23-12-15-4-2-3-5-16(15)27-20(21)22/h2-9,20H,10-12H2,1H3,(H,23,26). The van der Waals surface area contributed by atoms with Gasteiger partial charge in [-0.05, 0) is 25.1 Å². The average Bonchev–Trinajstić information content (AvgIpc) is 3.15. The molecule has 0 fully saturated rings. The van der Waals surface area contributed by atoms with Crippen molar-refractivity contribution in [3.63, 3.8) is 0 Å². The number of nitrogens with one attached hydrogen (secondary N) is 1. The largest absolute Gasteiger partial charge is 0.434 e. The molecule has 0 unspecified atom stereocenters. The van der Waals surface area contributed by atoms with Crippen molar-refractivity contribution in [2.24, 2.45) is 0 Å². The molecule has 3 rings (SSSR count). The summed E-state index contributed by atoms with van der Waals surface area (Å²) in [4.78, 5) is 12.0. The maximum Gasteiger partial charge on any atom is 0.387 e. The molecule has 0 aliphatic carbocycles. The van der Waals surface area contributed by atoms with Crippen molar-refractivity contribution >= 4 is 5.91 Å². The fourth-order valence-corrected chi connectivity index (χ4v) is 2.53. The van der Waals surface area contributed by atoms with E-state index in [2.05, 4.69) is 20.3 Å². The van der Waals surface area contributed by atoms with Crippen molar-refractivity contribution in [2.45, 2.75) is 32.9 Å². The van der Waals surface area contributed by atoms with E-state index in [1.807, 2.05) is 31.2 Å². The number of aryl methyl sites for hydroxylation is 2. The third kappa shape index (κ3) is 5.35. The van der Waals surface area contributed by atoms with E-state index >= 15 is 0 Å². The molecule has 0 saturated heterocycles. The minimum absolute atomic E-state index is 0.0393. The van der Waals surface area contributed by atoms with Crippen LogP contribution >= 0.6 is 0 Å². The highest BCUT2D eigenvalue weighted by molar-refractivity contribution is 5.76. The van der Waals surface area contributed by atoms with Gasteiger partial charge in [0, 0.05) is 30.5 Å². The molecule has 0 aliphatic rings. The summed E-state index contributed by atoms with van der Waals surface area (Å²) in [6.07, 6.45) is 0.410. The Balaban J connectivity index is 1.51. The fraction of sp³-hybridized carbons (Fsp3) is 0.250. The number of hydrogen-bond donors (Lipinski definition) is 1. The number of halogens is 2. The van der Waals surface area contributed by atoms with Crippen LogP contribution in [0.5, 0.6) is 5.75 Å². The topological polar surface area (TPSA) is 77.2 Å². The molecule has 0 radical (unpaired) electrons. The number of para-hydroxylation sites is 1. The first-order valence-electron chi connectivity index (χ1n) is 8.70. The van der Waals surface area contributed by atoms with Gasteiger partial charge in [-0.3, -0.25) is 4.79 Å². The van der Waals surface area contributed by atoms with Gasteiger partial charge in [0.05, 0.1) is 0 Å². The first-order valence-corrected chi connectivity index (χ1v) is 8.70. The lowest BCUT2D eigenvalue weighted by Gasteiger charge is -2.11. The Morgan fingerprint density at radius 2 is 1.89 bits per heavy atom. The molecular weight excluding hydrogens is 368 g/mol. The molecule has 1 amide bonds. The molecule has 1 N–H and O–H groups in total. The van der Waals surface area contributed by atoms with Crippen LogP contribution in [0.1, 0.15) is 23.4 Å². The smallest absolute Gasteiger partial charge is 0.387 e. The number of carbonyl (C=O) groups is 1. The monoisotopic (exact) mass is 387 g/mol. The predicted octanol–water partition coefficient (Wildman–Crippen LogP) is 3.90. The van der Waals surface area contributed by atoms with Gasteiger partial charge < -0.3 is 14.5 Å². The Kier molecular flexibility index (Phi) is 6.31. The van der Waals surface area contributed by atoms with E-state index in [4.69, 9.17) is 4.42 Å². The average molecular weight is 387 g/mol. The summed E-state index contributed by atoms with van der Waals surface area (Å²) in [5.74, 6) is 0.528. The molecule has 0 atom stereocenters. The molecule has 0 bridgehead atoms. The van der Waals surface area contributed by atoms with Gasteiger partial charge >= 0.3 is 6.61 Å². The van der Waals surface area contributed by atoms with E-state index in [1.54, 1.807) is 18.2 Å². The van der Waals surface area contributed by atoms with E-state index in [1.165, 1.54) is 6.07 Å². The Labute approximate surface area is 160 Å². The summed E-state index contributed by atoms with van der Waals surface area (Å²) in [5, 5.41) is 10.6. The van der Waals surface area contributed by atoms with Crippen molar-refractivity contribution in [1.29, 1.82) is 0 Å². The highest BCUT2D eigenvalue weighted by Crippen LogP contribution is 2.20. The minimum Gasteiger partial charge on any atom is -0.434 e. The van der Waals surface area contributed by atoms with Gasteiger partial charge in [0.15, 0.2) is 0 Å². The number of nitrogens with zero attached hydrogens (tertiary/aromatic N) is 2. The van der Waals surface area contributed by atoms with Gasteiger partial charge in [-0.1, -0.05) is 35.9 Å². The minimum atomic E-state index is -2.92. The van der Waals surface area contributed by atoms with Gasteiger partial charge in [-0.15, -0.1) is 10.2 Å². The molecule has 0 spiro atoms. The summed E-state index contributed by atoms with van der Waals surface area (Å²) >= 11 is 0. The molecule has 2 aromatic carbocycles. The van der Waals surface area contributed by atoms with Crippen LogP contribution in [0.2, 0.25) is 0 Å². The fourth-order valence-electron chi connectivity index (χ4n) is 2.53. The quantitative estimate of drug-likeness (QED) is 0.634. The van der Waals surface area contributed by atoms with Crippen molar-refractivity contribution < 1.29 is 22.7 Å². The molecule has 146 valence electrons. The van der Waals surface area contributed by atoms with Crippen molar-refractivity contribution in [3.05, 3.63) is 65.5 Å². The normalized spacial score (nSPS) is 10.9. The molecule has 8 heteroatoms. The molecule has 28 heavy (non-hydrogen) atoms. The molecule has 0 aliphatic heterocycles. The SMILES string of the molecule is Cc1ccc(-c2nnc(CCC(=O)NCc3ccccc3OC(F)F)o2)cc1. The van der Waals surface area contributed by atoms with Crippen LogP contribution in [0.4, 0.5) is 8.78 Å². The van der Waals surface area contributed by atoms with E-state index < -0.39 is 6.61 Å². The molecule has 6 nitrogen and oxygen atoms in total. The summed E-state index contributed by atoms with van der Waals surface area (Å²) in [5.41, 5.74) is 2.40. The zero-order valence-electron chi connectivity index (χ0n) is 15.2. The van der Waals surface area contributed by atoms with Crippen LogP contribution in [-0.4, -0.2) is 22.7 Å². The maximum atomic E-state index is 12.4. The molecule has 3 aromatic rings. The predicted molar refractivity (Wildman–Crippen MR) is 97.7 cm³/mol. The summed E-state index contributed by atoms with van der Waals surface area (Å²) < 4.78 is 34.9. The number of rotatable bonds is 8. The Hall–Kier alpha value is -3.29. The Morgan fingerprint density at radius 3 is 2.64 bits per heavy atom. The van der Waals surface area contributed by atoms with Gasteiger partial charge in [0.2, 0.25) is 17.7 Å². The second-order valence-corrected chi connectivity index (χ2v) is 6.13. The second kappa shape index (κ2) is 9.07. The van der Waals surface area contributed by atoms with Crippen LogP contribution in [0.25, 0.3) is 11.5 Å². The number of hydrogen-bond acceptors (Lipinski definition) is 5.